The molecule has 0 N–H and O–H groups in total. The van der Waals surface area contributed by atoms with Crippen LogP contribution in [0.25, 0.3) is 54.4 Å². The molecule has 6 heterocycles. The molecule has 0 fully saturated rings. The minimum Gasteiger partial charge on any atom is -0.256 e. The summed E-state index contributed by atoms with van der Waals surface area (Å²) in [5.41, 5.74) is 12.3. The van der Waals surface area contributed by atoms with Gasteiger partial charge < -0.3 is 0 Å². The van der Waals surface area contributed by atoms with Crippen LogP contribution in [0.1, 0.15) is 22.3 Å². The molecule has 0 saturated carbocycles. The zero-order valence-electron chi connectivity index (χ0n) is 23.5. The Balaban J connectivity index is 1.14. The van der Waals surface area contributed by atoms with Gasteiger partial charge in [-0.3, -0.25) is 19.9 Å². The maximum absolute atomic E-state index is 5.25. The summed E-state index contributed by atoms with van der Waals surface area (Å²) < 4.78 is 0. The molecular formula is C38H22N6. The van der Waals surface area contributed by atoms with E-state index >= 15 is 0 Å². The Morgan fingerprint density at radius 2 is 0.727 bits per heavy atom. The van der Waals surface area contributed by atoms with Gasteiger partial charge in [0.25, 0.3) is 0 Å². The molecular weight excluding hydrogens is 540 g/mol. The predicted octanol–water partition coefficient (Wildman–Crippen LogP) is 8.39. The average Bonchev–Trinajstić information content (AvgIpc) is 3.75. The first-order valence-electron chi connectivity index (χ1n) is 14.8. The number of rotatable bonds is 2. The Hall–Kier alpha value is -5.88. The molecule has 0 aliphatic carbocycles. The molecule has 4 aromatic heterocycles. The third kappa shape index (κ3) is 3.19. The lowest BCUT2D eigenvalue weighted by atomic mass is 9.92. The molecule has 10 rings (SSSR count). The predicted molar refractivity (Wildman–Crippen MR) is 178 cm³/mol. The van der Waals surface area contributed by atoms with Crippen LogP contribution in [0.3, 0.4) is 0 Å². The van der Waals surface area contributed by atoms with Crippen molar-refractivity contribution in [3.8, 4) is 0 Å². The van der Waals surface area contributed by atoms with E-state index in [1.807, 2.05) is 49.1 Å². The van der Waals surface area contributed by atoms with Gasteiger partial charge in [0.05, 0.1) is 44.9 Å². The Bertz CT molecular complexity index is 2430. The van der Waals surface area contributed by atoms with E-state index in [2.05, 4.69) is 60.7 Å². The van der Waals surface area contributed by atoms with Crippen LogP contribution in [0.2, 0.25) is 0 Å². The van der Waals surface area contributed by atoms with Gasteiger partial charge in [-0.25, -0.2) is 9.98 Å². The van der Waals surface area contributed by atoms with Crippen LogP contribution in [-0.2, 0) is 12.8 Å². The van der Waals surface area contributed by atoms with Crippen molar-refractivity contribution in [3.05, 3.63) is 132 Å². The number of pyridine rings is 4. The number of aliphatic imine (C=N–C) groups is 2. The van der Waals surface area contributed by atoms with Gasteiger partial charge in [0, 0.05) is 81.4 Å². The zero-order chi connectivity index (χ0) is 28.8. The number of hydrogen-bond donors (Lipinski definition) is 0. The average molecular weight is 563 g/mol. The lowest BCUT2D eigenvalue weighted by molar-refractivity contribution is 1.33. The van der Waals surface area contributed by atoms with Gasteiger partial charge in [-0.05, 0) is 35.0 Å². The van der Waals surface area contributed by atoms with Gasteiger partial charge in [0.1, 0.15) is 0 Å². The SMILES string of the molecule is c1cc(C2=Nc3c(c4ncccc4c4cccnc34)C2)c2cccc(C3=Nc4c(c5ncccc5c5cccnc45)C3)c2c1. The lowest BCUT2D eigenvalue weighted by Gasteiger charge is -2.11. The van der Waals surface area contributed by atoms with Crippen molar-refractivity contribution in [2.24, 2.45) is 9.98 Å². The number of benzene rings is 4. The Morgan fingerprint density at radius 1 is 0.364 bits per heavy atom. The van der Waals surface area contributed by atoms with Crippen LogP contribution in [-0.4, -0.2) is 31.4 Å². The van der Waals surface area contributed by atoms with Crippen molar-refractivity contribution in [2.75, 3.05) is 0 Å². The number of nitrogens with zero attached hydrogens (tertiary/aromatic N) is 6. The highest BCUT2D eigenvalue weighted by molar-refractivity contribution is 6.25. The largest absolute Gasteiger partial charge is 0.256 e. The molecule has 0 unspecified atom stereocenters. The Kier molecular flexibility index (Phi) is 4.74. The zero-order valence-corrected chi connectivity index (χ0v) is 23.5. The van der Waals surface area contributed by atoms with Crippen molar-refractivity contribution >= 4 is 77.2 Å². The minimum absolute atomic E-state index is 0.709. The van der Waals surface area contributed by atoms with E-state index in [0.717, 1.165) is 99.4 Å². The molecule has 0 bridgehead atoms. The Labute approximate surface area is 251 Å². The van der Waals surface area contributed by atoms with Gasteiger partial charge in [0.2, 0.25) is 0 Å². The topological polar surface area (TPSA) is 76.3 Å². The van der Waals surface area contributed by atoms with E-state index in [1.54, 1.807) is 0 Å². The highest BCUT2D eigenvalue weighted by Crippen LogP contribution is 2.43. The molecule has 44 heavy (non-hydrogen) atoms. The quantitative estimate of drug-likeness (QED) is 0.198. The third-order valence-electron chi connectivity index (χ3n) is 9.13. The molecule has 0 saturated heterocycles. The van der Waals surface area contributed by atoms with Crippen molar-refractivity contribution in [1.29, 1.82) is 0 Å². The summed E-state index contributed by atoms with van der Waals surface area (Å²) in [6.45, 7) is 0. The fourth-order valence-corrected chi connectivity index (χ4v) is 7.24. The fourth-order valence-electron chi connectivity index (χ4n) is 7.24. The normalized spacial score (nSPS) is 14.0. The van der Waals surface area contributed by atoms with Gasteiger partial charge >= 0.3 is 0 Å². The summed E-state index contributed by atoms with van der Waals surface area (Å²) in [4.78, 5) is 29.6. The minimum atomic E-state index is 0.709. The maximum Gasteiger partial charge on any atom is 0.0969 e. The molecule has 2 aliphatic heterocycles. The molecule has 204 valence electrons. The summed E-state index contributed by atoms with van der Waals surface area (Å²) in [6, 6.07) is 29.5. The molecule has 0 atom stereocenters. The smallest absolute Gasteiger partial charge is 0.0969 e. The van der Waals surface area contributed by atoms with E-state index in [0.29, 0.717) is 12.8 Å². The van der Waals surface area contributed by atoms with Gasteiger partial charge in [0.15, 0.2) is 0 Å². The van der Waals surface area contributed by atoms with E-state index in [-0.39, 0.29) is 0 Å². The number of aromatic nitrogens is 4. The molecule has 2 aliphatic rings. The van der Waals surface area contributed by atoms with Gasteiger partial charge in [-0.1, -0.05) is 60.7 Å². The van der Waals surface area contributed by atoms with Gasteiger partial charge in [-0.15, -0.1) is 0 Å². The first-order chi connectivity index (χ1) is 21.8. The second kappa shape index (κ2) is 8.82. The molecule has 8 aromatic rings. The van der Waals surface area contributed by atoms with Crippen LogP contribution in [0.5, 0.6) is 0 Å². The second-order valence-electron chi connectivity index (χ2n) is 11.4. The summed E-state index contributed by atoms with van der Waals surface area (Å²) in [7, 11) is 0. The van der Waals surface area contributed by atoms with Crippen LogP contribution in [0.15, 0.2) is 120 Å². The van der Waals surface area contributed by atoms with E-state index in [9.17, 15) is 0 Å². The van der Waals surface area contributed by atoms with E-state index in [1.165, 1.54) is 0 Å². The Morgan fingerprint density at radius 3 is 1.16 bits per heavy atom. The van der Waals surface area contributed by atoms with Crippen LogP contribution in [0, 0.1) is 0 Å². The molecule has 6 heteroatoms. The summed E-state index contributed by atoms with van der Waals surface area (Å²) in [5, 5.41) is 6.74. The molecule has 6 nitrogen and oxygen atoms in total. The molecule has 4 aromatic carbocycles. The van der Waals surface area contributed by atoms with Crippen molar-refractivity contribution < 1.29 is 0 Å². The van der Waals surface area contributed by atoms with Crippen LogP contribution < -0.4 is 0 Å². The fraction of sp³-hybridized carbons (Fsp3) is 0.0526. The van der Waals surface area contributed by atoms with Crippen molar-refractivity contribution in [3.63, 3.8) is 0 Å². The van der Waals surface area contributed by atoms with Crippen LogP contribution >= 0.6 is 0 Å². The molecule has 0 amide bonds. The van der Waals surface area contributed by atoms with Gasteiger partial charge in [-0.2, -0.15) is 0 Å². The summed E-state index contributed by atoms with van der Waals surface area (Å²) in [6.07, 6.45) is 8.84. The van der Waals surface area contributed by atoms with Crippen molar-refractivity contribution in [1.82, 2.24) is 19.9 Å². The summed E-state index contributed by atoms with van der Waals surface area (Å²) in [5.74, 6) is 0. The number of fused-ring (bicyclic) bond motifs is 13. The van der Waals surface area contributed by atoms with E-state index < -0.39 is 0 Å². The van der Waals surface area contributed by atoms with Crippen LogP contribution in [0.4, 0.5) is 11.4 Å². The first kappa shape index (κ1) is 23.7. The van der Waals surface area contributed by atoms with E-state index in [4.69, 9.17) is 29.9 Å². The van der Waals surface area contributed by atoms with Crippen molar-refractivity contribution in [2.45, 2.75) is 12.8 Å². The summed E-state index contributed by atoms with van der Waals surface area (Å²) >= 11 is 0. The highest BCUT2D eigenvalue weighted by Gasteiger charge is 2.27. The molecule has 0 radical (unpaired) electrons. The first-order valence-corrected chi connectivity index (χ1v) is 14.8. The molecule has 0 spiro atoms. The monoisotopic (exact) mass is 562 g/mol. The second-order valence-corrected chi connectivity index (χ2v) is 11.4. The highest BCUT2D eigenvalue weighted by atomic mass is 14.9. The maximum atomic E-state index is 5.25. The standard InChI is InChI=1S/C38H22N6/c1-7-21-22(23(9-1)31-19-29-33-25(11-3-15-39-33)27-13-5-17-41-35(27)37(29)43-31)8-2-10-24(21)32-20-30-34-26(12-4-16-40-34)28-14-6-18-42-36(28)38(30)44-32/h1-18H,19-20H2. The third-order valence-corrected chi connectivity index (χ3v) is 9.13. The lowest BCUT2D eigenvalue weighted by Crippen LogP contribution is -2.05. The number of hydrogen-bond acceptors (Lipinski definition) is 6.